The minimum absolute atomic E-state index is 0.0155. The molecule has 6 heteroatoms. The van der Waals surface area contributed by atoms with Gasteiger partial charge in [0.1, 0.15) is 17.0 Å². The summed E-state index contributed by atoms with van der Waals surface area (Å²) in [6, 6.07) is 0. The van der Waals surface area contributed by atoms with Crippen LogP contribution in [-0.4, -0.2) is 36.0 Å². The van der Waals surface area contributed by atoms with Crippen molar-refractivity contribution in [3.63, 3.8) is 0 Å². The maximum Gasteiger partial charge on any atom is 0.239 e. The molecule has 19 heavy (non-hydrogen) atoms. The molecule has 0 bridgehead atoms. The zero-order chi connectivity index (χ0) is 14.0. The van der Waals surface area contributed by atoms with Gasteiger partial charge in [-0.3, -0.25) is 4.79 Å². The summed E-state index contributed by atoms with van der Waals surface area (Å²) in [5.41, 5.74) is 1.20. The van der Waals surface area contributed by atoms with Crippen molar-refractivity contribution in [2.24, 2.45) is 0 Å². The molecule has 2 rings (SSSR count). The van der Waals surface area contributed by atoms with Crippen LogP contribution in [-0.2, 0) is 4.79 Å². The largest absolute Gasteiger partial charge is 0.358 e. The van der Waals surface area contributed by atoms with Crippen LogP contribution < -0.4 is 10.2 Å². The van der Waals surface area contributed by atoms with Crippen molar-refractivity contribution in [1.29, 1.82) is 0 Å². The van der Waals surface area contributed by atoms with Crippen LogP contribution in [0.5, 0.6) is 0 Å². The minimum atomic E-state index is -0.0155. The van der Waals surface area contributed by atoms with E-state index in [-0.39, 0.29) is 5.91 Å². The van der Waals surface area contributed by atoms with Crippen molar-refractivity contribution >= 4 is 33.3 Å². The number of hydrogen-bond donors (Lipinski definition) is 1. The molecule has 0 aliphatic heterocycles. The number of aromatic nitrogens is 2. The van der Waals surface area contributed by atoms with Crippen LogP contribution in [0, 0.1) is 13.8 Å². The van der Waals surface area contributed by atoms with Crippen LogP contribution >= 0.6 is 11.3 Å². The SMILES string of the molecule is CCN(CC(=O)NC)c1ncnc2sc(C)c(C)c12. The smallest absolute Gasteiger partial charge is 0.239 e. The molecular formula is C13H18N4OS. The molecule has 0 atom stereocenters. The summed E-state index contributed by atoms with van der Waals surface area (Å²) in [5.74, 6) is 0.830. The van der Waals surface area contributed by atoms with Crippen molar-refractivity contribution in [3.05, 3.63) is 16.8 Å². The summed E-state index contributed by atoms with van der Waals surface area (Å²) in [7, 11) is 1.64. The quantitative estimate of drug-likeness (QED) is 0.927. The van der Waals surface area contributed by atoms with E-state index in [9.17, 15) is 4.79 Å². The highest BCUT2D eigenvalue weighted by atomic mass is 32.1. The first kappa shape index (κ1) is 13.7. The number of nitrogens with zero attached hydrogens (tertiary/aromatic N) is 3. The number of carbonyl (C=O) groups excluding carboxylic acids is 1. The number of amides is 1. The molecule has 0 spiro atoms. The molecule has 2 aromatic rings. The fourth-order valence-electron chi connectivity index (χ4n) is 1.99. The third kappa shape index (κ3) is 2.53. The molecule has 0 saturated carbocycles. The molecule has 2 heterocycles. The third-order valence-corrected chi connectivity index (χ3v) is 4.36. The molecular weight excluding hydrogens is 260 g/mol. The van der Waals surface area contributed by atoms with Gasteiger partial charge in [-0.15, -0.1) is 11.3 Å². The Bertz CT molecular complexity index is 608. The Morgan fingerprint density at radius 3 is 2.79 bits per heavy atom. The van der Waals surface area contributed by atoms with Crippen LogP contribution in [0.1, 0.15) is 17.4 Å². The van der Waals surface area contributed by atoms with Crippen LogP contribution in [0.3, 0.4) is 0 Å². The standard InChI is InChI=1S/C13H18N4OS/c1-5-17(6-10(18)14-4)12-11-8(2)9(3)19-13(11)16-7-15-12/h7H,5-6H2,1-4H3,(H,14,18). The van der Waals surface area contributed by atoms with Crippen molar-refractivity contribution in [2.75, 3.05) is 25.0 Å². The second-order valence-corrected chi connectivity index (χ2v) is 5.55. The molecule has 5 nitrogen and oxygen atoms in total. The summed E-state index contributed by atoms with van der Waals surface area (Å²) in [6.45, 7) is 7.22. The molecule has 1 amide bonds. The Morgan fingerprint density at radius 1 is 1.42 bits per heavy atom. The molecule has 0 saturated heterocycles. The number of nitrogens with one attached hydrogen (secondary N) is 1. The fourth-order valence-corrected chi connectivity index (χ4v) is 2.98. The van der Waals surface area contributed by atoms with E-state index >= 15 is 0 Å². The highest BCUT2D eigenvalue weighted by Gasteiger charge is 2.17. The highest BCUT2D eigenvalue weighted by molar-refractivity contribution is 7.18. The molecule has 102 valence electrons. The lowest BCUT2D eigenvalue weighted by Crippen LogP contribution is -2.36. The van der Waals surface area contributed by atoms with E-state index in [1.54, 1.807) is 24.7 Å². The van der Waals surface area contributed by atoms with E-state index in [2.05, 4.69) is 29.1 Å². The van der Waals surface area contributed by atoms with Gasteiger partial charge in [0.25, 0.3) is 0 Å². The Balaban J connectivity index is 2.50. The third-order valence-electron chi connectivity index (χ3n) is 3.24. The Hall–Kier alpha value is -1.69. The molecule has 0 fully saturated rings. The molecule has 0 radical (unpaired) electrons. The highest BCUT2D eigenvalue weighted by Crippen LogP contribution is 2.33. The van der Waals surface area contributed by atoms with Crippen molar-refractivity contribution < 1.29 is 4.79 Å². The summed E-state index contributed by atoms with van der Waals surface area (Å²) in [4.78, 5) is 24.5. The summed E-state index contributed by atoms with van der Waals surface area (Å²) < 4.78 is 0. The average Bonchev–Trinajstić information content (AvgIpc) is 2.71. The Kier molecular flexibility index (Phi) is 3.99. The topological polar surface area (TPSA) is 58.1 Å². The zero-order valence-corrected chi connectivity index (χ0v) is 12.5. The van der Waals surface area contributed by atoms with Gasteiger partial charge < -0.3 is 10.2 Å². The normalized spacial score (nSPS) is 10.7. The van der Waals surface area contributed by atoms with Gasteiger partial charge >= 0.3 is 0 Å². The Labute approximate surface area is 116 Å². The zero-order valence-electron chi connectivity index (χ0n) is 11.6. The first-order chi connectivity index (χ1) is 9.08. The first-order valence-electron chi connectivity index (χ1n) is 6.24. The number of fused-ring (bicyclic) bond motifs is 1. The van der Waals surface area contributed by atoms with Gasteiger partial charge in [-0.05, 0) is 26.3 Å². The van der Waals surface area contributed by atoms with Crippen LogP contribution in [0.4, 0.5) is 5.82 Å². The monoisotopic (exact) mass is 278 g/mol. The van der Waals surface area contributed by atoms with Crippen LogP contribution in [0.25, 0.3) is 10.2 Å². The number of carbonyl (C=O) groups is 1. The molecule has 0 aliphatic rings. The molecule has 0 unspecified atom stereocenters. The minimum Gasteiger partial charge on any atom is -0.358 e. The maximum atomic E-state index is 11.6. The maximum absolute atomic E-state index is 11.6. The number of rotatable bonds is 4. The van der Waals surface area contributed by atoms with Gasteiger partial charge in [0.2, 0.25) is 5.91 Å². The van der Waals surface area contributed by atoms with Crippen LogP contribution in [0.2, 0.25) is 0 Å². The number of hydrogen-bond acceptors (Lipinski definition) is 5. The summed E-state index contributed by atoms with van der Waals surface area (Å²) >= 11 is 1.67. The van der Waals surface area contributed by atoms with Gasteiger partial charge in [0.05, 0.1) is 11.9 Å². The van der Waals surface area contributed by atoms with Gasteiger partial charge in [0.15, 0.2) is 0 Å². The lowest BCUT2D eigenvalue weighted by atomic mass is 10.2. The molecule has 2 aromatic heterocycles. The predicted octanol–water partition coefficient (Wildman–Crippen LogP) is 1.88. The van der Waals surface area contributed by atoms with E-state index in [4.69, 9.17) is 0 Å². The van der Waals surface area contributed by atoms with Gasteiger partial charge in [-0.1, -0.05) is 0 Å². The van der Waals surface area contributed by atoms with Crippen molar-refractivity contribution in [3.8, 4) is 0 Å². The summed E-state index contributed by atoms with van der Waals surface area (Å²) in [5, 5.41) is 3.71. The lowest BCUT2D eigenvalue weighted by Gasteiger charge is -2.21. The van der Waals surface area contributed by atoms with Crippen molar-refractivity contribution in [1.82, 2.24) is 15.3 Å². The van der Waals surface area contributed by atoms with E-state index in [1.807, 2.05) is 11.8 Å². The fraction of sp³-hybridized carbons (Fsp3) is 0.462. The van der Waals surface area contributed by atoms with E-state index < -0.39 is 0 Å². The number of aryl methyl sites for hydroxylation is 2. The first-order valence-corrected chi connectivity index (χ1v) is 7.06. The van der Waals surface area contributed by atoms with E-state index in [0.717, 1.165) is 22.6 Å². The second-order valence-electron chi connectivity index (χ2n) is 4.35. The molecule has 1 N–H and O–H groups in total. The van der Waals surface area contributed by atoms with E-state index in [0.29, 0.717) is 6.54 Å². The molecule has 0 aromatic carbocycles. The lowest BCUT2D eigenvalue weighted by molar-refractivity contribution is -0.119. The second kappa shape index (κ2) is 5.52. The van der Waals surface area contributed by atoms with Gasteiger partial charge in [0, 0.05) is 18.5 Å². The van der Waals surface area contributed by atoms with E-state index in [1.165, 1.54) is 10.4 Å². The summed E-state index contributed by atoms with van der Waals surface area (Å²) in [6.07, 6.45) is 1.57. The van der Waals surface area contributed by atoms with Crippen molar-refractivity contribution in [2.45, 2.75) is 20.8 Å². The van der Waals surface area contributed by atoms with Crippen LogP contribution in [0.15, 0.2) is 6.33 Å². The van der Waals surface area contributed by atoms with Gasteiger partial charge in [-0.2, -0.15) is 0 Å². The predicted molar refractivity (Wildman–Crippen MR) is 78.8 cm³/mol. The Morgan fingerprint density at radius 2 is 2.16 bits per heavy atom. The molecule has 0 aliphatic carbocycles. The van der Waals surface area contributed by atoms with Gasteiger partial charge in [-0.25, -0.2) is 9.97 Å². The number of anilines is 1. The average molecular weight is 278 g/mol. The number of likely N-dealkylation sites (N-methyl/N-ethyl adjacent to an activating group) is 2. The number of thiophene rings is 1.